The van der Waals surface area contributed by atoms with Crippen LogP contribution in [0.5, 0.6) is 5.75 Å². The molecule has 0 spiro atoms. The number of halogens is 1. The number of hydrogen-bond acceptors (Lipinski definition) is 4. The Labute approximate surface area is 140 Å². The fourth-order valence-electron chi connectivity index (χ4n) is 2.09. The molecule has 0 fully saturated rings. The van der Waals surface area contributed by atoms with E-state index in [1.807, 2.05) is 19.9 Å². The fraction of sp³-hybridized carbons (Fsp3) is 0.222. The van der Waals surface area contributed by atoms with E-state index >= 15 is 0 Å². The molecule has 0 aliphatic heterocycles. The Bertz CT molecular complexity index is 741. The topological polar surface area (TPSA) is 47.9 Å². The van der Waals surface area contributed by atoms with Crippen molar-refractivity contribution in [3.8, 4) is 5.75 Å². The molecule has 0 aromatic heterocycles. The van der Waals surface area contributed by atoms with Crippen LogP contribution in [0.1, 0.15) is 28.4 Å². The molecular weight excluding hydrogens is 314 g/mol. The van der Waals surface area contributed by atoms with Gasteiger partial charge < -0.3 is 9.47 Å². The number of nitrogens with zero attached hydrogens (tertiary/aromatic N) is 1. The van der Waals surface area contributed by atoms with E-state index in [0.29, 0.717) is 17.2 Å². The first-order valence-electron chi connectivity index (χ1n) is 7.20. The molecule has 0 heterocycles. The van der Waals surface area contributed by atoms with E-state index in [0.717, 1.165) is 22.6 Å². The smallest absolute Gasteiger partial charge is 0.337 e. The van der Waals surface area contributed by atoms with Crippen molar-refractivity contribution in [2.45, 2.75) is 13.8 Å². The summed E-state index contributed by atoms with van der Waals surface area (Å²) >= 11 is 6.03. The summed E-state index contributed by atoms with van der Waals surface area (Å²) in [5.41, 5.74) is 2.95. The average Bonchev–Trinajstić information content (AvgIpc) is 2.55. The maximum Gasteiger partial charge on any atom is 0.337 e. The summed E-state index contributed by atoms with van der Waals surface area (Å²) in [6.07, 6.45) is 1.71. The third-order valence-corrected chi connectivity index (χ3v) is 3.47. The van der Waals surface area contributed by atoms with Crippen molar-refractivity contribution in [3.05, 3.63) is 58.1 Å². The third-order valence-electron chi connectivity index (χ3n) is 3.23. The number of hydrogen-bond donors (Lipinski definition) is 0. The van der Waals surface area contributed by atoms with E-state index in [1.54, 1.807) is 36.5 Å². The zero-order valence-corrected chi connectivity index (χ0v) is 14.1. The van der Waals surface area contributed by atoms with Gasteiger partial charge in [-0.15, -0.1) is 0 Å². The van der Waals surface area contributed by atoms with Gasteiger partial charge in [0.1, 0.15) is 5.75 Å². The lowest BCUT2D eigenvalue weighted by atomic mass is 10.1. The van der Waals surface area contributed by atoms with Crippen molar-refractivity contribution in [2.24, 2.45) is 4.99 Å². The van der Waals surface area contributed by atoms with Crippen molar-refractivity contribution < 1.29 is 14.3 Å². The van der Waals surface area contributed by atoms with Crippen LogP contribution in [0.4, 0.5) is 5.69 Å². The SMILES string of the molecule is CCOc1ccc(Cl)cc1C=Nc1ccc(C(=O)OC)cc1C. The van der Waals surface area contributed by atoms with Gasteiger partial charge in [-0.3, -0.25) is 4.99 Å². The van der Waals surface area contributed by atoms with Crippen LogP contribution in [-0.4, -0.2) is 25.9 Å². The average molecular weight is 332 g/mol. The first-order valence-corrected chi connectivity index (χ1v) is 7.58. The van der Waals surface area contributed by atoms with E-state index in [2.05, 4.69) is 4.99 Å². The van der Waals surface area contributed by atoms with E-state index < -0.39 is 0 Å². The van der Waals surface area contributed by atoms with Gasteiger partial charge in [0.15, 0.2) is 0 Å². The van der Waals surface area contributed by atoms with Crippen LogP contribution >= 0.6 is 11.6 Å². The zero-order chi connectivity index (χ0) is 16.8. The summed E-state index contributed by atoms with van der Waals surface area (Å²) in [5, 5.41) is 0.618. The molecule has 0 aliphatic rings. The maximum atomic E-state index is 11.5. The second kappa shape index (κ2) is 7.79. The number of ether oxygens (including phenoxy) is 2. The van der Waals surface area contributed by atoms with Gasteiger partial charge >= 0.3 is 5.97 Å². The van der Waals surface area contributed by atoms with E-state index in [1.165, 1.54) is 7.11 Å². The first kappa shape index (κ1) is 17.0. The first-order chi connectivity index (χ1) is 11.0. The summed E-state index contributed by atoms with van der Waals surface area (Å²) in [6.45, 7) is 4.38. The summed E-state index contributed by atoms with van der Waals surface area (Å²) in [4.78, 5) is 16.0. The van der Waals surface area contributed by atoms with Crippen molar-refractivity contribution in [1.29, 1.82) is 0 Å². The predicted molar refractivity (Wildman–Crippen MR) is 92.4 cm³/mol. The standard InChI is InChI=1S/C18H18ClNO3/c1-4-23-17-8-6-15(19)10-14(17)11-20-16-7-5-13(9-12(16)2)18(21)22-3/h5-11H,4H2,1-3H3. The van der Waals surface area contributed by atoms with Crippen molar-refractivity contribution >= 4 is 29.5 Å². The highest BCUT2D eigenvalue weighted by atomic mass is 35.5. The molecule has 0 aliphatic carbocycles. The lowest BCUT2D eigenvalue weighted by Crippen LogP contribution is -2.01. The van der Waals surface area contributed by atoms with Crippen molar-refractivity contribution in [1.82, 2.24) is 0 Å². The van der Waals surface area contributed by atoms with Gasteiger partial charge in [0, 0.05) is 16.8 Å². The number of methoxy groups -OCH3 is 1. The molecule has 2 aromatic carbocycles. The van der Waals surface area contributed by atoms with Crippen molar-refractivity contribution in [2.75, 3.05) is 13.7 Å². The van der Waals surface area contributed by atoms with Crippen molar-refractivity contribution in [3.63, 3.8) is 0 Å². The number of carbonyl (C=O) groups excluding carboxylic acids is 1. The molecule has 0 N–H and O–H groups in total. The number of rotatable bonds is 5. The highest BCUT2D eigenvalue weighted by Gasteiger charge is 2.07. The van der Waals surface area contributed by atoms with Crippen LogP contribution in [0, 0.1) is 6.92 Å². The molecule has 5 heteroatoms. The summed E-state index contributed by atoms with van der Waals surface area (Å²) in [7, 11) is 1.36. The molecular formula is C18H18ClNO3. The Morgan fingerprint density at radius 3 is 2.70 bits per heavy atom. The molecule has 120 valence electrons. The summed E-state index contributed by atoms with van der Waals surface area (Å²) < 4.78 is 10.3. The highest BCUT2D eigenvalue weighted by molar-refractivity contribution is 6.30. The van der Waals surface area contributed by atoms with Gasteiger partial charge in [0.25, 0.3) is 0 Å². The minimum absolute atomic E-state index is 0.364. The van der Waals surface area contributed by atoms with E-state index in [9.17, 15) is 4.79 Å². The Morgan fingerprint density at radius 1 is 1.26 bits per heavy atom. The minimum atomic E-state index is -0.364. The second-order valence-electron chi connectivity index (χ2n) is 4.87. The molecule has 4 nitrogen and oxygen atoms in total. The monoisotopic (exact) mass is 331 g/mol. The van der Waals surface area contributed by atoms with Crippen LogP contribution in [0.2, 0.25) is 5.02 Å². The van der Waals surface area contributed by atoms with Crippen LogP contribution in [0.3, 0.4) is 0 Å². The summed E-state index contributed by atoms with van der Waals surface area (Å²) in [5.74, 6) is 0.363. The molecule has 2 aromatic rings. The molecule has 0 atom stereocenters. The summed E-state index contributed by atoms with van der Waals surface area (Å²) in [6, 6.07) is 10.6. The number of benzene rings is 2. The Morgan fingerprint density at radius 2 is 2.04 bits per heavy atom. The number of aliphatic imine (C=N–C) groups is 1. The lowest BCUT2D eigenvalue weighted by Gasteiger charge is -2.07. The predicted octanol–water partition coefficient (Wildman–Crippen LogP) is 4.58. The number of aryl methyl sites for hydroxylation is 1. The van der Waals surface area contributed by atoms with Gasteiger partial charge in [-0.05, 0) is 55.8 Å². The maximum absolute atomic E-state index is 11.5. The molecule has 0 bridgehead atoms. The van der Waals surface area contributed by atoms with Gasteiger partial charge in [-0.25, -0.2) is 4.79 Å². The Balaban J connectivity index is 2.30. The van der Waals surface area contributed by atoms with Crippen LogP contribution in [0.25, 0.3) is 0 Å². The molecule has 0 saturated heterocycles. The Kier molecular flexibility index (Phi) is 5.77. The van der Waals surface area contributed by atoms with Gasteiger partial charge in [-0.2, -0.15) is 0 Å². The molecule has 0 saturated carbocycles. The van der Waals surface area contributed by atoms with Crippen LogP contribution in [-0.2, 0) is 4.74 Å². The number of esters is 1. The molecule has 0 radical (unpaired) electrons. The van der Waals surface area contributed by atoms with Crippen LogP contribution in [0.15, 0.2) is 41.4 Å². The fourth-order valence-corrected chi connectivity index (χ4v) is 2.27. The highest BCUT2D eigenvalue weighted by Crippen LogP contribution is 2.24. The van der Waals surface area contributed by atoms with E-state index in [4.69, 9.17) is 21.1 Å². The quantitative estimate of drug-likeness (QED) is 0.595. The van der Waals surface area contributed by atoms with Crippen LogP contribution < -0.4 is 4.74 Å². The minimum Gasteiger partial charge on any atom is -0.493 e. The molecule has 23 heavy (non-hydrogen) atoms. The molecule has 0 amide bonds. The largest absolute Gasteiger partial charge is 0.493 e. The van der Waals surface area contributed by atoms with Gasteiger partial charge in [0.05, 0.1) is 25.0 Å². The van der Waals surface area contributed by atoms with Gasteiger partial charge in [0.2, 0.25) is 0 Å². The Hall–Kier alpha value is -2.33. The second-order valence-corrected chi connectivity index (χ2v) is 5.30. The number of carbonyl (C=O) groups is 1. The van der Waals surface area contributed by atoms with Gasteiger partial charge in [-0.1, -0.05) is 11.6 Å². The normalized spacial score (nSPS) is 10.8. The molecule has 0 unspecified atom stereocenters. The third kappa shape index (κ3) is 4.33. The van der Waals surface area contributed by atoms with E-state index in [-0.39, 0.29) is 5.97 Å². The molecule has 2 rings (SSSR count). The zero-order valence-electron chi connectivity index (χ0n) is 13.3. The lowest BCUT2D eigenvalue weighted by molar-refractivity contribution is 0.0600.